The number of pyridine rings is 1. The fraction of sp³-hybridized carbons (Fsp3) is 0.261. The number of hydrogen-bond acceptors (Lipinski definition) is 6. The summed E-state index contributed by atoms with van der Waals surface area (Å²) in [7, 11) is 0. The highest BCUT2D eigenvalue weighted by Gasteiger charge is 2.21. The second-order valence-electron chi connectivity index (χ2n) is 7.50. The molecule has 0 atom stereocenters. The number of rotatable bonds is 4. The average molecular weight is 386 g/mol. The van der Waals surface area contributed by atoms with E-state index in [1.165, 1.54) is 0 Å². The van der Waals surface area contributed by atoms with E-state index in [9.17, 15) is 5.11 Å². The highest BCUT2D eigenvalue weighted by molar-refractivity contribution is 5.87. The molecule has 0 bridgehead atoms. The Bertz CT molecular complexity index is 1160. The number of aliphatic hydroxyl groups excluding tert-OH is 1. The van der Waals surface area contributed by atoms with Crippen LogP contribution in [0.4, 0.5) is 11.6 Å². The maximum Gasteiger partial charge on any atom is 0.227 e. The summed E-state index contributed by atoms with van der Waals surface area (Å²) in [6.45, 7) is 0. The molecule has 2 N–H and O–H groups in total. The highest BCUT2D eigenvalue weighted by atomic mass is 16.5. The van der Waals surface area contributed by atoms with Gasteiger partial charge in [-0.2, -0.15) is 0 Å². The van der Waals surface area contributed by atoms with Crippen LogP contribution < -0.4 is 10.1 Å². The van der Waals surface area contributed by atoms with Crippen LogP contribution in [0.5, 0.6) is 5.75 Å². The molecule has 1 aliphatic rings. The van der Waals surface area contributed by atoms with E-state index in [0.29, 0.717) is 5.95 Å². The number of benzene rings is 2. The average Bonchev–Trinajstić information content (AvgIpc) is 2.76. The number of nitrogens with one attached hydrogen (secondary N) is 1. The molecule has 4 aromatic rings. The van der Waals surface area contributed by atoms with Gasteiger partial charge >= 0.3 is 0 Å². The molecular formula is C23H22N4O2. The molecule has 0 aliphatic heterocycles. The van der Waals surface area contributed by atoms with Crippen molar-refractivity contribution in [3.05, 3.63) is 61.1 Å². The van der Waals surface area contributed by atoms with Crippen LogP contribution in [0, 0.1) is 0 Å². The molecule has 0 saturated heterocycles. The lowest BCUT2D eigenvalue weighted by Gasteiger charge is -2.26. The number of aliphatic hydroxyl groups is 1. The molecule has 1 saturated carbocycles. The van der Waals surface area contributed by atoms with Gasteiger partial charge in [0.1, 0.15) is 11.3 Å². The summed E-state index contributed by atoms with van der Waals surface area (Å²) in [4.78, 5) is 13.4. The smallest absolute Gasteiger partial charge is 0.227 e. The molecule has 0 amide bonds. The predicted octanol–water partition coefficient (Wildman–Crippen LogP) is 4.60. The lowest BCUT2D eigenvalue weighted by Crippen LogP contribution is -2.26. The highest BCUT2D eigenvalue weighted by Crippen LogP contribution is 2.29. The van der Waals surface area contributed by atoms with Gasteiger partial charge in [-0.3, -0.25) is 4.98 Å². The van der Waals surface area contributed by atoms with E-state index >= 15 is 0 Å². The summed E-state index contributed by atoms with van der Waals surface area (Å²) < 4.78 is 6.24. The number of nitrogens with zero attached hydrogens (tertiary/aromatic N) is 3. The van der Waals surface area contributed by atoms with Crippen molar-refractivity contribution < 1.29 is 9.84 Å². The van der Waals surface area contributed by atoms with Crippen molar-refractivity contribution in [2.45, 2.75) is 37.9 Å². The minimum absolute atomic E-state index is 0.114. The topological polar surface area (TPSA) is 80.2 Å². The van der Waals surface area contributed by atoms with Crippen molar-refractivity contribution in [1.82, 2.24) is 15.0 Å². The standard InChI is InChI=1S/C23H22N4O2/c28-19-6-8-20(9-7-19)29-21-3-1-2-16-14-25-23(27-22(16)21)26-18-5-4-15-10-11-24-13-17(15)12-18/h1-5,10-14,19-20,28H,6-9H2,(H,25,26,27)/t19-,20+. The molecule has 2 aromatic carbocycles. The predicted molar refractivity (Wildman–Crippen MR) is 113 cm³/mol. The number of aromatic nitrogens is 3. The zero-order chi connectivity index (χ0) is 19.6. The maximum atomic E-state index is 9.72. The minimum Gasteiger partial charge on any atom is -0.488 e. The number of ether oxygens (including phenoxy) is 1. The van der Waals surface area contributed by atoms with Gasteiger partial charge in [-0.05, 0) is 55.3 Å². The Hall–Kier alpha value is -3.25. The summed E-state index contributed by atoms with van der Waals surface area (Å²) >= 11 is 0. The second-order valence-corrected chi connectivity index (χ2v) is 7.50. The third-order valence-corrected chi connectivity index (χ3v) is 5.41. The molecule has 6 nitrogen and oxygen atoms in total. The molecule has 2 heterocycles. The molecule has 0 spiro atoms. The zero-order valence-corrected chi connectivity index (χ0v) is 16.0. The SMILES string of the molecule is O[C@H]1CC[C@@H](Oc2cccc3cnc(Nc4ccc5ccncc5c4)nc23)CC1. The molecule has 29 heavy (non-hydrogen) atoms. The van der Waals surface area contributed by atoms with E-state index in [-0.39, 0.29) is 12.2 Å². The van der Waals surface area contributed by atoms with Crippen molar-refractivity contribution in [3.8, 4) is 5.75 Å². The normalized spacial score (nSPS) is 19.3. The Morgan fingerprint density at radius 3 is 2.72 bits per heavy atom. The van der Waals surface area contributed by atoms with Crippen LogP contribution in [-0.2, 0) is 0 Å². The van der Waals surface area contributed by atoms with Crippen molar-refractivity contribution in [2.24, 2.45) is 0 Å². The Balaban J connectivity index is 1.42. The van der Waals surface area contributed by atoms with Crippen LogP contribution in [0.1, 0.15) is 25.7 Å². The Morgan fingerprint density at radius 2 is 1.83 bits per heavy atom. The molecule has 146 valence electrons. The number of anilines is 2. The minimum atomic E-state index is -0.197. The first kappa shape index (κ1) is 17.8. The third kappa shape index (κ3) is 3.84. The van der Waals surface area contributed by atoms with Crippen LogP contribution in [-0.4, -0.2) is 32.3 Å². The maximum absolute atomic E-state index is 9.72. The summed E-state index contributed by atoms with van der Waals surface area (Å²) in [5.74, 6) is 1.29. The molecular weight excluding hydrogens is 364 g/mol. The quantitative estimate of drug-likeness (QED) is 0.533. The number of fused-ring (bicyclic) bond motifs is 2. The van der Waals surface area contributed by atoms with E-state index in [2.05, 4.69) is 15.3 Å². The van der Waals surface area contributed by atoms with Crippen molar-refractivity contribution >= 4 is 33.3 Å². The van der Waals surface area contributed by atoms with Gasteiger partial charge in [-0.25, -0.2) is 9.97 Å². The van der Waals surface area contributed by atoms with Gasteiger partial charge in [0.2, 0.25) is 5.95 Å². The van der Waals surface area contributed by atoms with Crippen molar-refractivity contribution in [3.63, 3.8) is 0 Å². The summed E-state index contributed by atoms with van der Waals surface area (Å²) in [6, 6.07) is 14.0. The lowest BCUT2D eigenvalue weighted by molar-refractivity contribution is 0.0672. The monoisotopic (exact) mass is 386 g/mol. The molecule has 2 aromatic heterocycles. The zero-order valence-electron chi connectivity index (χ0n) is 16.0. The molecule has 6 heteroatoms. The first-order valence-electron chi connectivity index (χ1n) is 9.96. The van der Waals surface area contributed by atoms with Gasteiger partial charge in [0.15, 0.2) is 0 Å². The summed E-state index contributed by atoms with van der Waals surface area (Å²) in [5.41, 5.74) is 1.70. The summed E-state index contributed by atoms with van der Waals surface area (Å²) in [5, 5.41) is 16.1. The lowest BCUT2D eigenvalue weighted by atomic mass is 9.95. The van der Waals surface area contributed by atoms with Gasteiger partial charge < -0.3 is 15.2 Å². The van der Waals surface area contributed by atoms with Gasteiger partial charge in [0, 0.05) is 35.1 Å². The van der Waals surface area contributed by atoms with E-state index in [1.807, 2.05) is 54.9 Å². The van der Waals surface area contributed by atoms with Crippen LogP contribution >= 0.6 is 0 Å². The number of hydrogen-bond donors (Lipinski definition) is 2. The van der Waals surface area contributed by atoms with Gasteiger partial charge in [-0.15, -0.1) is 0 Å². The van der Waals surface area contributed by atoms with Gasteiger partial charge in [0.25, 0.3) is 0 Å². The van der Waals surface area contributed by atoms with E-state index in [1.54, 1.807) is 6.20 Å². The molecule has 1 fully saturated rings. The molecule has 5 rings (SSSR count). The second kappa shape index (κ2) is 7.64. The van der Waals surface area contributed by atoms with Crippen LogP contribution in [0.2, 0.25) is 0 Å². The molecule has 1 aliphatic carbocycles. The van der Waals surface area contributed by atoms with Crippen LogP contribution in [0.15, 0.2) is 61.1 Å². The summed E-state index contributed by atoms with van der Waals surface area (Å²) in [6.07, 6.45) is 8.65. The van der Waals surface area contributed by atoms with Crippen LogP contribution in [0.25, 0.3) is 21.7 Å². The van der Waals surface area contributed by atoms with E-state index in [4.69, 9.17) is 9.72 Å². The fourth-order valence-corrected chi connectivity index (χ4v) is 3.82. The Labute approximate surface area is 168 Å². The van der Waals surface area contributed by atoms with Crippen molar-refractivity contribution in [1.29, 1.82) is 0 Å². The van der Waals surface area contributed by atoms with Gasteiger partial charge in [0.05, 0.1) is 12.2 Å². The largest absolute Gasteiger partial charge is 0.488 e. The third-order valence-electron chi connectivity index (χ3n) is 5.41. The first-order chi connectivity index (χ1) is 14.2. The number of para-hydroxylation sites is 1. The molecule has 0 unspecified atom stereocenters. The first-order valence-corrected chi connectivity index (χ1v) is 9.96. The van der Waals surface area contributed by atoms with Crippen LogP contribution in [0.3, 0.4) is 0 Å². The molecule has 0 radical (unpaired) electrons. The Morgan fingerprint density at radius 1 is 0.931 bits per heavy atom. The Kier molecular flexibility index (Phi) is 4.69. The van der Waals surface area contributed by atoms with Crippen molar-refractivity contribution in [2.75, 3.05) is 5.32 Å². The van der Waals surface area contributed by atoms with E-state index in [0.717, 1.165) is 58.8 Å². The van der Waals surface area contributed by atoms with E-state index < -0.39 is 0 Å². The fourth-order valence-electron chi connectivity index (χ4n) is 3.82. The van der Waals surface area contributed by atoms with Gasteiger partial charge in [-0.1, -0.05) is 18.2 Å².